The highest BCUT2D eigenvalue weighted by atomic mass is 19.1. The number of anilines is 1. The van der Waals surface area contributed by atoms with Crippen LogP contribution in [0.3, 0.4) is 0 Å². The van der Waals surface area contributed by atoms with Crippen molar-refractivity contribution in [2.75, 3.05) is 24.6 Å². The summed E-state index contributed by atoms with van der Waals surface area (Å²) in [4.78, 5) is 13.5. The summed E-state index contributed by atoms with van der Waals surface area (Å²) in [5.74, 6) is -0.673. The maximum Gasteiger partial charge on any atom is 0.338 e. The van der Waals surface area contributed by atoms with E-state index in [1.54, 1.807) is 13.0 Å². The van der Waals surface area contributed by atoms with E-state index in [1.807, 2.05) is 4.90 Å². The number of esters is 1. The molecule has 1 aromatic carbocycles. The van der Waals surface area contributed by atoms with Crippen LogP contribution in [-0.2, 0) is 4.74 Å². The van der Waals surface area contributed by atoms with Crippen molar-refractivity contribution in [3.8, 4) is 0 Å². The summed E-state index contributed by atoms with van der Waals surface area (Å²) in [6, 6.07) is 4.38. The van der Waals surface area contributed by atoms with Crippen molar-refractivity contribution in [3.05, 3.63) is 29.6 Å². The number of hydrogen-bond donors (Lipinski definition) is 0. The summed E-state index contributed by atoms with van der Waals surface area (Å²) in [7, 11) is 0. The average Bonchev–Trinajstić information content (AvgIpc) is 2.83. The third-order valence-corrected chi connectivity index (χ3v) is 2.90. The van der Waals surface area contributed by atoms with Gasteiger partial charge in [0, 0.05) is 13.1 Å². The van der Waals surface area contributed by atoms with Crippen LogP contribution in [0.25, 0.3) is 0 Å². The summed E-state index contributed by atoms with van der Waals surface area (Å²) < 4.78 is 18.6. The molecular weight excluding hydrogens is 221 g/mol. The molecule has 0 unspecified atom stereocenters. The van der Waals surface area contributed by atoms with Crippen LogP contribution in [0.4, 0.5) is 10.1 Å². The molecule has 17 heavy (non-hydrogen) atoms. The van der Waals surface area contributed by atoms with E-state index < -0.39 is 5.97 Å². The first-order chi connectivity index (χ1) is 8.22. The van der Waals surface area contributed by atoms with Gasteiger partial charge in [0.05, 0.1) is 17.9 Å². The van der Waals surface area contributed by atoms with Gasteiger partial charge in [-0.3, -0.25) is 0 Å². The first kappa shape index (κ1) is 11.9. The van der Waals surface area contributed by atoms with Gasteiger partial charge < -0.3 is 9.64 Å². The summed E-state index contributed by atoms with van der Waals surface area (Å²) >= 11 is 0. The lowest BCUT2D eigenvalue weighted by atomic mass is 10.2. The molecule has 3 nitrogen and oxygen atoms in total. The Hall–Kier alpha value is -1.58. The van der Waals surface area contributed by atoms with E-state index in [1.165, 1.54) is 12.1 Å². The smallest absolute Gasteiger partial charge is 0.338 e. The summed E-state index contributed by atoms with van der Waals surface area (Å²) in [5, 5.41) is 0. The van der Waals surface area contributed by atoms with Crippen LogP contribution in [0.5, 0.6) is 0 Å². The third-order valence-electron chi connectivity index (χ3n) is 2.90. The zero-order valence-corrected chi connectivity index (χ0v) is 9.91. The van der Waals surface area contributed by atoms with Gasteiger partial charge in [-0.15, -0.1) is 0 Å². The lowest BCUT2D eigenvalue weighted by molar-refractivity contribution is 0.0526. The Morgan fingerprint density at radius 3 is 2.76 bits per heavy atom. The number of benzene rings is 1. The number of ether oxygens (including phenoxy) is 1. The molecule has 0 aromatic heterocycles. The molecule has 2 rings (SSSR count). The highest BCUT2D eigenvalue weighted by Gasteiger charge is 2.18. The molecule has 0 aliphatic carbocycles. The van der Waals surface area contributed by atoms with Gasteiger partial charge in [-0.05, 0) is 38.0 Å². The van der Waals surface area contributed by atoms with Crippen LogP contribution in [0.2, 0.25) is 0 Å². The minimum absolute atomic E-state index is 0.278. The monoisotopic (exact) mass is 237 g/mol. The maximum absolute atomic E-state index is 13.7. The van der Waals surface area contributed by atoms with E-state index in [2.05, 4.69) is 0 Å². The zero-order valence-electron chi connectivity index (χ0n) is 9.91. The molecule has 0 atom stereocenters. The van der Waals surface area contributed by atoms with Crippen molar-refractivity contribution >= 4 is 11.7 Å². The fourth-order valence-corrected chi connectivity index (χ4v) is 2.05. The molecule has 1 aliphatic heterocycles. The maximum atomic E-state index is 13.7. The van der Waals surface area contributed by atoms with Crippen molar-refractivity contribution in [1.82, 2.24) is 0 Å². The van der Waals surface area contributed by atoms with Crippen LogP contribution in [0.1, 0.15) is 30.1 Å². The van der Waals surface area contributed by atoms with E-state index in [4.69, 9.17) is 4.74 Å². The molecule has 0 N–H and O–H groups in total. The Kier molecular flexibility index (Phi) is 3.61. The Morgan fingerprint density at radius 2 is 2.12 bits per heavy atom. The molecular formula is C13H16FNO2. The van der Waals surface area contributed by atoms with Crippen molar-refractivity contribution in [2.24, 2.45) is 0 Å². The van der Waals surface area contributed by atoms with E-state index >= 15 is 0 Å². The van der Waals surface area contributed by atoms with Crippen LogP contribution in [0.15, 0.2) is 18.2 Å². The van der Waals surface area contributed by atoms with Gasteiger partial charge in [-0.2, -0.15) is 0 Å². The Bertz CT molecular complexity index is 414. The van der Waals surface area contributed by atoms with E-state index in [9.17, 15) is 9.18 Å². The van der Waals surface area contributed by atoms with Crippen LogP contribution < -0.4 is 4.90 Å². The molecule has 0 spiro atoms. The van der Waals surface area contributed by atoms with Gasteiger partial charge in [0.2, 0.25) is 0 Å². The van der Waals surface area contributed by atoms with E-state index in [0.717, 1.165) is 25.9 Å². The predicted molar refractivity (Wildman–Crippen MR) is 63.8 cm³/mol. The Labute approximate surface area is 100 Å². The lowest BCUT2D eigenvalue weighted by Crippen LogP contribution is -2.19. The van der Waals surface area contributed by atoms with Crippen LogP contribution in [0, 0.1) is 5.82 Å². The van der Waals surface area contributed by atoms with Crippen molar-refractivity contribution < 1.29 is 13.9 Å². The number of carbonyl (C=O) groups is 1. The average molecular weight is 237 g/mol. The molecule has 1 heterocycles. The van der Waals surface area contributed by atoms with Crippen LogP contribution >= 0.6 is 0 Å². The molecule has 1 aromatic rings. The van der Waals surface area contributed by atoms with Gasteiger partial charge in [-0.25, -0.2) is 9.18 Å². The molecule has 0 saturated carbocycles. The number of rotatable bonds is 3. The molecule has 4 heteroatoms. The quantitative estimate of drug-likeness (QED) is 0.757. The standard InChI is InChI=1S/C13H16FNO2/c1-2-17-13(16)10-5-6-11(14)12(9-10)15-7-3-4-8-15/h5-6,9H,2-4,7-8H2,1H3. The first-order valence-corrected chi connectivity index (χ1v) is 5.94. The van der Waals surface area contributed by atoms with Gasteiger partial charge >= 0.3 is 5.97 Å². The predicted octanol–water partition coefficient (Wildman–Crippen LogP) is 2.60. The molecule has 1 saturated heterocycles. The van der Waals surface area contributed by atoms with Crippen molar-refractivity contribution in [1.29, 1.82) is 0 Å². The first-order valence-electron chi connectivity index (χ1n) is 5.94. The van der Waals surface area contributed by atoms with E-state index in [-0.39, 0.29) is 5.82 Å². The summed E-state index contributed by atoms with van der Waals surface area (Å²) in [6.07, 6.45) is 2.14. The Morgan fingerprint density at radius 1 is 1.41 bits per heavy atom. The fourth-order valence-electron chi connectivity index (χ4n) is 2.05. The molecule has 0 radical (unpaired) electrons. The molecule has 1 aliphatic rings. The molecule has 0 bridgehead atoms. The topological polar surface area (TPSA) is 29.5 Å². The van der Waals surface area contributed by atoms with Gasteiger partial charge in [0.1, 0.15) is 5.82 Å². The third kappa shape index (κ3) is 2.57. The Balaban J connectivity index is 2.25. The van der Waals surface area contributed by atoms with Gasteiger partial charge in [0.25, 0.3) is 0 Å². The number of carbonyl (C=O) groups excluding carboxylic acids is 1. The molecule has 0 amide bonds. The highest BCUT2D eigenvalue weighted by molar-refractivity contribution is 5.90. The highest BCUT2D eigenvalue weighted by Crippen LogP contribution is 2.25. The molecule has 92 valence electrons. The van der Waals surface area contributed by atoms with Crippen LogP contribution in [-0.4, -0.2) is 25.7 Å². The number of nitrogens with zero attached hydrogens (tertiary/aromatic N) is 1. The van der Waals surface area contributed by atoms with Gasteiger partial charge in [-0.1, -0.05) is 0 Å². The van der Waals surface area contributed by atoms with Gasteiger partial charge in [0.15, 0.2) is 0 Å². The lowest BCUT2D eigenvalue weighted by Gasteiger charge is -2.18. The second-order valence-electron chi connectivity index (χ2n) is 4.08. The summed E-state index contributed by atoms with van der Waals surface area (Å²) in [5.41, 5.74) is 0.920. The normalized spacial score (nSPS) is 15.1. The summed E-state index contributed by atoms with van der Waals surface area (Å²) in [6.45, 7) is 3.78. The fraction of sp³-hybridized carbons (Fsp3) is 0.462. The van der Waals surface area contributed by atoms with Crippen molar-refractivity contribution in [2.45, 2.75) is 19.8 Å². The largest absolute Gasteiger partial charge is 0.462 e. The van der Waals surface area contributed by atoms with Crippen molar-refractivity contribution in [3.63, 3.8) is 0 Å². The molecule has 1 fully saturated rings. The number of hydrogen-bond acceptors (Lipinski definition) is 3. The second-order valence-corrected chi connectivity index (χ2v) is 4.08. The second kappa shape index (κ2) is 5.17. The minimum Gasteiger partial charge on any atom is -0.462 e. The number of halogens is 1. The SMILES string of the molecule is CCOC(=O)c1ccc(F)c(N2CCCC2)c1. The van der Waals surface area contributed by atoms with E-state index in [0.29, 0.717) is 17.9 Å². The zero-order chi connectivity index (χ0) is 12.3. The minimum atomic E-state index is -0.395.